The number of rotatable bonds is 5. The van der Waals surface area contributed by atoms with Crippen molar-refractivity contribution >= 4 is 28.2 Å². The van der Waals surface area contributed by atoms with Crippen LogP contribution in [-0.4, -0.2) is 23.2 Å². The van der Waals surface area contributed by atoms with Crippen LogP contribution in [0.1, 0.15) is 34.3 Å². The first-order valence-electron chi connectivity index (χ1n) is 11.9. The van der Waals surface area contributed by atoms with Crippen LogP contribution in [0.2, 0.25) is 0 Å². The Hall–Kier alpha value is -3.90. The molecule has 1 aromatic heterocycles. The van der Waals surface area contributed by atoms with Crippen LogP contribution in [0.15, 0.2) is 71.5 Å². The minimum absolute atomic E-state index is 0.0396. The Morgan fingerprint density at radius 3 is 2.54 bits per heavy atom. The summed E-state index contributed by atoms with van der Waals surface area (Å²) < 4.78 is 7.43. The predicted octanol–water partition coefficient (Wildman–Crippen LogP) is 5.30. The van der Waals surface area contributed by atoms with Gasteiger partial charge in [0, 0.05) is 28.8 Å². The highest BCUT2D eigenvalue weighted by molar-refractivity contribution is 6.07. The second-order valence-electron chi connectivity index (χ2n) is 9.21. The lowest BCUT2D eigenvalue weighted by Crippen LogP contribution is -2.29. The van der Waals surface area contributed by atoms with E-state index >= 15 is 0 Å². The van der Waals surface area contributed by atoms with Gasteiger partial charge < -0.3 is 15.8 Å². The summed E-state index contributed by atoms with van der Waals surface area (Å²) in [4.78, 5) is 26.5. The van der Waals surface area contributed by atoms with Crippen LogP contribution in [0, 0.1) is 13.8 Å². The lowest BCUT2D eigenvalue weighted by molar-refractivity contribution is 0.0968. The zero-order chi connectivity index (χ0) is 24.5. The lowest BCUT2D eigenvalue weighted by Gasteiger charge is -2.20. The molecule has 1 fully saturated rings. The van der Waals surface area contributed by atoms with Crippen molar-refractivity contribution in [3.05, 3.63) is 93.8 Å². The normalized spacial score (nSPS) is 15.4. The molecule has 178 valence electrons. The number of nitrogen functional groups attached to an aromatic ring is 1. The molecule has 3 N–H and O–H groups in total. The molecule has 1 aliphatic rings. The summed E-state index contributed by atoms with van der Waals surface area (Å²) >= 11 is 0. The first-order valence-corrected chi connectivity index (χ1v) is 11.9. The molecule has 0 spiro atoms. The number of nitrogens with two attached hydrogens (primary N) is 1. The second kappa shape index (κ2) is 9.39. The van der Waals surface area contributed by atoms with E-state index in [0.717, 1.165) is 40.5 Å². The third-order valence-corrected chi connectivity index (χ3v) is 6.71. The zero-order valence-corrected chi connectivity index (χ0v) is 20.0. The Balaban J connectivity index is 1.64. The fourth-order valence-corrected chi connectivity index (χ4v) is 4.77. The van der Waals surface area contributed by atoms with E-state index in [1.165, 1.54) is 0 Å². The van der Waals surface area contributed by atoms with E-state index in [0.29, 0.717) is 35.6 Å². The van der Waals surface area contributed by atoms with Crippen molar-refractivity contribution in [3.8, 4) is 11.1 Å². The molecule has 0 saturated carbocycles. The van der Waals surface area contributed by atoms with E-state index in [9.17, 15) is 9.59 Å². The maximum atomic E-state index is 13.7. The fraction of sp³-hybridized carbons (Fsp3) is 0.241. The monoisotopic (exact) mass is 467 g/mol. The van der Waals surface area contributed by atoms with Crippen LogP contribution in [0.3, 0.4) is 0 Å². The number of carbonyl (C=O) groups is 1. The molecule has 6 nitrogen and oxygen atoms in total. The largest absolute Gasteiger partial charge is 0.384 e. The van der Waals surface area contributed by atoms with Gasteiger partial charge in [0.15, 0.2) is 0 Å². The van der Waals surface area contributed by atoms with Gasteiger partial charge in [0.25, 0.3) is 11.5 Å². The smallest absolute Gasteiger partial charge is 0.260 e. The van der Waals surface area contributed by atoms with Crippen molar-refractivity contribution in [1.82, 2.24) is 4.57 Å². The number of aromatic nitrogens is 1. The number of hydrogen-bond donors (Lipinski definition) is 2. The zero-order valence-electron chi connectivity index (χ0n) is 20.0. The van der Waals surface area contributed by atoms with Crippen molar-refractivity contribution in [2.45, 2.75) is 39.3 Å². The Morgan fingerprint density at radius 2 is 1.83 bits per heavy atom. The standard InChI is InChI=1S/C29H29N3O3/c1-18-9-11-20(12-10-18)26-24-14-13-21(31-28(33)23-8-4-3-6-19(23)2)16-25(24)29(34)32(27(26)30)17-22-7-5-15-35-22/h3-4,6,8-14,16,22H,5,7,15,17,30H2,1-2H3,(H,31,33). The maximum absolute atomic E-state index is 13.7. The van der Waals surface area contributed by atoms with Crippen LogP contribution in [0.5, 0.6) is 0 Å². The van der Waals surface area contributed by atoms with Gasteiger partial charge in [-0.2, -0.15) is 0 Å². The number of fused-ring (bicyclic) bond motifs is 1. The van der Waals surface area contributed by atoms with Crippen molar-refractivity contribution in [2.24, 2.45) is 0 Å². The summed E-state index contributed by atoms with van der Waals surface area (Å²) in [6, 6.07) is 21.0. The summed E-state index contributed by atoms with van der Waals surface area (Å²) in [5.74, 6) is 0.217. The lowest BCUT2D eigenvalue weighted by atomic mass is 9.97. The van der Waals surface area contributed by atoms with E-state index in [-0.39, 0.29) is 17.6 Å². The SMILES string of the molecule is Cc1ccc(-c2c(N)n(CC3CCCO3)c(=O)c3cc(NC(=O)c4ccccc4C)ccc23)cc1. The van der Waals surface area contributed by atoms with E-state index in [2.05, 4.69) is 5.32 Å². The molecule has 1 atom stereocenters. The van der Waals surface area contributed by atoms with Crippen LogP contribution in [-0.2, 0) is 11.3 Å². The molecule has 0 bridgehead atoms. The van der Waals surface area contributed by atoms with Crippen molar-refractivity contribution in [1.29, 1.82) is 0 Å². The van der Waals surface area contributed by atoms with Gasteiger partial charge in [0.1, 0.15) is 5.82 Å². The Bertz CT molecular complexity index is 1470. The third kappa shape index (κ3) is 4.45. The van der Waals surface area contributed by atoms with Gasteiger partial charge in [-0.25, -0.2) is 0 Å². The number of pyridine rings is 1. The van der Waals surface area contributed by atoms with Gasteiger partial charge in [0.2, 0.25) is 0 Å². The molecule has 5 rings (SSSR count). The molecule has 0 radical (unpaired) electrons. The quantitative estimate of drug-likeness (QED) is 0.417. The van der Waals surface area contributed by atoms with E-state index in [4.69, 9.17) is 10.5 Å². The molecule has 3 aromatic carbocycles. The summed E-state index contributed by atoms with van der Waals surface area (Å²) in [5, 5.41) is 4.22. The minimum Gasteiger partial charge on any atom is -0.384 e. The number of benzene rings is 3. The number of anilines is 2. The average molecular weight is 468 g/mol. The van der Waals surface area contributed by atoms with Crippen molar-refractivity contribution < 1.29 is 9.53 Å². The highest BCUT2D eigenvalue weighted by atomic mass is 16.5. The van der Waals surface area contributed by atoms with Crippen LogP contribution in [0.25, 0.3) is 21.9 Å². The van der Waals surface area contributed by atoms with Gasteiger partial charge in [0.05, 0.1) is 12.6 Å². The third-order valence-electron chi connectivity index (χ3n) is 6.71. The maximum Gasteiger partial charge on any atom is 0.260 e. The Morgan fingerprint density at radius 1 is 1.06 bits per heavy atom. The minimum atomic E-state index is -0.212. The predicted molar refractivity (Wildman–Crippen MR) is 141 cm³/mol. The highest BCUT2D eigenvalue weighted by Gasteiger charge is 2.22. The first kappa shape index (κ1) is 22.9. The molecular formula is C29H29N3O3. The molecule has 1 aliphatic heterocycles. The molecule has 35 heavy (non-hydrogen) atoms. The molecule has 6 heteroatoms. The van der Waals surface area contributed by atoms with Crippen molar-refractivity contribution in [2.75, 3.05) is 17.7 Å². The number of carbonyl (C=O) groups excluding carboxylic acids is 1. The summed E-state index contributed by atoms with van der Waals surface area (Å²) in [6.45, 7) is 5.04. The number of nitrogens with zero attached hydrogens (tertiary/aromatic N) is 1. The molecule has 2 heterocycles. The number of ether oxygens (including phenoxy) is 1. The van der Waals surface area contributed by atoms with Gasteiger partial charge in [-0.05, 0) is 61.4 Å². The van der Waals surface area contributed by atoms with Crippen molar-refractivity contribution in [3.63, 3.8) is 0 Å². The van der Waals surface area contributed by atoms with Gasteiger partial charge in [-0.15, -0.1) is 0 Å². The van der Waals surface area contributed by atoms with E-state index < -0.39 is 0 Å². The highest BCUT2D eigenvalue weighted by Crippen LogP contribution is 2.34. The molecule has 0 aliphatic carbocycles. The number of aryl methyl sites for hydroxylation is 2. The summed E-state index contributed by atoms with van der Waals surface area (Å²) in [5.41, 5.74) is 11.4. The van der Waals surface area contributed by atoms with Gasteiger partial charge in [-0.1, -0.05) is 54.1 Å². The summed E-state index contributed by atoms with van der Waals surface area (Å²) in [7, 11) is 0. The van der Waals surface area contributed by atoms with Gasteiger partial charge >= 0.3 is 0 Å². The molecule has 1 amide bonds. The van der Waals surface area contributed by atoms with E-state index in [1.807, 2.05) is 68.4 Å². The van der Waals surface area contributed by atoms with Gasteiger partial charge in [-0.3, -0.25) is 14.2 Å². The van der Waals surface area contributed by atoms with Crippen LogP contribution >= 0.6 is 0 Å². The summed E-state index contributed by atoms with van der Waals surface area (Å²) in [6.07, 6.45) is 1.84. The molecular weight excluding hydrogens is 438 g/mol. The van der Waals surface area contributed by atoms with Crippen LogP contribution < -0.4 is 16.6 Å². The van der Waals surface area contributed by atoms with E-state index in [1.54, 1.807) is 16.7 Å². The second-order valence-corrected chi connectivity index (χ2v) is 9.21. The van der Waals surface area contributed by atoms with Crippen LogP contribution in [0.4, 0.5) is 11.5 Å². The fourth-order valence-electron chi connectivity index (χ4n) is 4.77. The molecule has 1 saturated heterocycles. The average Bonchev–Trinajstić information content (AvgIpc) is 3.37. The first-order chi connectivity index (χ1) is 16.9. The Labute approximate surface area is 204 Å². The molecule has 4 aromatic rings. The Kier molecular flexibility index (Phi) is 6.14. The molecule has 1 unspecified atom stereocenters. The number of hydrogen-bond acceptors (Lipinski definition) is 4. The topological polar surface area (TPSA) is 86.3 Å². The number of amides is 1. The number of nitrogens with one attached hydrogen (secondary N) is 1.